The molecule has 0 fully saturated rings. The van der Waals surface area contributed by atoms with Gasteiger partial charge in [0.05, 0.1) is 23.9 Å². The summed E-state index contributed by atoms with van der Waals surface area (Å²) in [6.45, 7) is 4.99. The van der Waals surface area contributed by atoms with Crippen molar-refractivity contribution in [2.45, 2.75) is 62.7 Å². The van der Waals surface area contributed by atoms with Gasteiger partial charge < -0.3 is 9.47 Å². The minimum Gasteiger partial charge on any atom is -0.468 e. The molecular formula is C28H29ClFNO6S. The normalized spacial score (nSPS) is 14.2. The lowest BCUT2D eigenvalue weighted by atomic mass is 9.90. The Morgan fingerprint density at radius 3 is 2.21 bits per heavy atom. The molecule has 0 radical (unpaired) electrons. The zero-order valence-electron chi connectivity index (χ0n) is 21.6. The van der Waals surface area contributed by atoms with E-state index in [0.29, 0.717) is 19.3 Å². The van der Waals surface area contributed by atoms with Crippen LogP contribution in [-0.2, 0) is 23.9 Å². The van der Waals surface area contributed by atoms with Crippen LogP contribution in [-0.4, -0.2) is 42.2 Å². The zero-order valence-corrected chi connectivity index (χ0v) is 23.2. The average molecular weight is 562 g/mol. The fraction of sp³-hybridized carbons (Fsp3) is 0.357. The van der Waals surface area contributed by atoms with Gasteiger partial charge in [-0.15, -0.1) is 11.8 Å². The van der Waals surface area contributed by atoms with E-state index < -0.39 is 40.9 Å². The SMILES string of the molecule is COC(=O)C(C)Sc1cc(N(C(=O)C2=C(C(=O)OC(C)C)CCCC2)C(=O)c2ccccc2)c(F)cc1Cl. The highest BCUT2D eigenvalue weighted by molar-refractivity contribution is 8.00. The molecule has 7 nitrogen and oxygen atoms in total. The number of methoxy groups -OCH3 is 1. The molecule has 2 amide bonds. The van der Waals surface area contributed by atoms with E-state index in [0.717, 1.165) is 22.7 Å². The van der Waals surface area contributed by atoms with Gasteiger partial charge in [0.25, 0.3) is 11.8 Å². The molecule has 2 aromatic carbocycles. The van der Waals surface area contributed by atoms with Crippen LogP contribution in [0.15, 0.2) is 58.5 Å². The maximum Gasteiger partial charge on any atom is 0.334 e. The highest BCUT2D eigenvalue weighted by Crippen LogP contribution is 2.38. The summed E-state index contributed by atoms with van der Waals surface area (Å²) in [6, 6.07) is 10.2. The van der Waals surface area contributed by atoms with Gasteiger partial charge in [-0.2, -0.15) is 0 Å². The molecule has 202 valence electrons. The molecule has 0 aliphatic heterocycles. The molecule has 0 heterocycles. The molecule has 0 aromatic heterocycles. The third-order valence-corrected chi connectivity index (χ3v) is 7.38. The molecule has 1 aliphatic carbocycles. The number of hydrogen-bond acceptors (Lipinski definition) is 7. The van der Waals surface area contributed by atoms with E-state index in [1.165, 1.54) is 25.3 Å². The third-order valence-electron chi connectivity index (χ3n) is 5.82. The summed E-state index contributed by atoms with van der Waals surface area (Å²) in [7, 11) is 1.25. The van der Waals surface area contributed by atoms with Crippen LogP contribution in [0.4, 0.5) is 10.1 Å². The van der Waals surface area contributed by atoms with Gasteiger partial charge in [0.2, 0.25) is 0 Å². The number of halogens is 2. The number of thioether (sulfide) groups is 1. The number of nitrogens with zero attached hydrogens (tertiary/aromatic N) is 1. The Labute approximate surface area is 230 Å². The molecule has 0 spiro atoms. The minimum atomic E-state index is -0.912. The maximum atomic E-state index is 15.4. The number of amides is 2. The highest BCUT2D eigenvalue weighted by atomic mass is 35.5. The molecule has 3 rings (SSSR count). The topological polar surface area (TPSA) is 90.0 Å². The van der Waals surface area contributed by atoms with Gasteiger partial charge in [-0.25, -0.2) is 14.1 Å². The third kappa shape index (κ3) is 6.82. The van der Waals surface area contributed by atoms with Crippen LogP contribution in [0.1, 0.15) is 56.8 Å². The first-order chi connectivity index (χ1) is 18.0. The first kappa shape index (κ1) is 29.4. The van der Waals surface area contributed by atoms with E-state index in [4.69, 9.17) is 21.1 Å². The molecule has 0 bridgehead atoms. The largest absolute Gasteiger partial charge is 0.468 e. The highest BCUT2D eigenvalue weighted by Gasteiger charge is 2.34. The fourth-order valence-corrected chi connectivity index (χ4v) is 5.20. The van der Waals surface area contributed by atoms with Crippen molar-refractivity contribution < 1.29 is 33.0 Å². The quantitative estimate of drug-likeness (QED) is 0.217. The molecule has 1 aliphatic rings. The molecule has 0 saturated carbocycles. The summed E-state index contributed by atoms with van der Waals surface area (Å²) in [4.78, 5) is 53.5. The standard InChI is InChI=1S/C28H29ClFNO6S/c1-16(2)37-28(35)20-13-9-8-12-19(20)26(33)31(25(32)18-10-6-5-7-11-18)23-15-24(21(29)14-22(23)30)38-17(3)27(34)36-4/h5-7,10-11,14-17H,8-9,12-13H2,1-4H3. The summed E-state index contributed by atoms with van der Waals surface area (Å²) < 4.78 is 25.5. The van der Waals surface area contributed by atoms with Crippen LogP contribution in [0.5, 0.6) is 0 Å². The molecule has 0 N–H and O–H groups in total. The van der Waals surface area contributed by atoms with E-state index in [9.17, 15) is 19.2 Å². The van der Waals surface area contributed by atoms with E-state index in [1.807, 2.05) is 0 Å². The Morgan fingerprint density at radius 2 is 1.61 bits per heavy atom. The summed E-state index contributed by atoms with van der Waals surface area (Å²) >= 11 is 7.27. The van der Waals surface area contributed by atoms with E-state index >= 15 is 4.39 Å². The molecule has 1 atom stereocenters. The smallest absolute Gasteiger partial charge is 0.334 e. The summed E-state index contributed by atoms with van der Waals surface area (Å²) in [6.07, 6.45) is 1.43. The predicted octanol–water partition coefficient (Wildman–Crippen LogP) is 6.13. The Kier molecular flexibility index (Phi) is 10.1. The van der Waals surface area contributed by atoms with Crippen molar-refractivity contribution >= 4 is 52.8 Å². The van der Waals surface area contributed by atoms with Crippen molar-refractivity contribution in [3.8, 4) is 0 Å². The van der Waals surface area contributed by atoms with Gasteiger partial charge >= 0.3 is 11.9 Å². The van der Waals surface area contributed by atoms with Crippen LogP contribution in [0.25, 0.3) is 0 Å². The maximum absolute atomic E-state index is 15.4. The fourth-order valence-electron chi connectivity index (χ4n) is 3.99. The van der Waals surface area contributed by atoms with Crippen molar-refractivity contribution in [3.63, 3.8) is 0 Å². The summed E-state index contributed by atoms with van der Waals surface area (Å²) in [5.74, 6) is -3.65. The summed E-state index contributed by atoms with van der Waals surface area (Å²) in [5, 5.41) is -0.687. The first-order valence-electron chi connectivity index (χ1n) is 12.2. The van der Waals surface area contributed by atoms with Crippen molar-refractivity contribution in [3.05, 3.63) is 70.0 Å². The van der Waals surface area contributed by atoms with E-state index in [1.54, 1.807) is 39.0 Å². The Morgan fingerprint density at radius 1 is 0.974 bits per heavy atom. The number of carbonyl (C=O) groups excluding carboxylic acids is 4. The average Bonchev–Trinajstić information content (AvgIpc) is 2.90. The van der Waals surface area contributed by atoms with Gasteiger partial charge in [0.1, 0.15) is 11.1 Å². The van der Waals surface area contributed by atoms with E-state index in [2.05, 4.69) is 0 Å². The molecule has 2 aromatic rings. The lowest BCUT2D eigenvalue weighted by Crippen LogP contribution is -2.40. The van der Waals surface area contributed by atoms with Gasteiger partial charge in [-0.1, -0.05) is 29.8 Å². The number of carbonyl (C=O) groups is 4. The van der Waals surface area contributed by atoms with Gasteiger partial charge in [-0.05, 0) is 70.7 Å². The number of imide groups is 1. The van der Waals surface area contributed by atoms with Crippen LogP contribution >= 0.6 is 23.4 Å². The molecular weight excluding hydrogens is 533 g/mol. The van der Waals surface area contributed by atoms with Crippen molar-refractivity contribution in [1.82, 2.24) is 0 Å². The lowest BCUT2D eigenvalue weighted by Gasteiger charge is -2.27. The van der Waals surface area contributed by atoms with E-state index in [-0.39, 0.29) is 38.7 Å². The van der Waals surface area contributed by atoms with Gasteiger partial charge in [-0.3, -0.25) is 14.4 Å². The van der Waals surface area contributed by atoms with Crippen LogP contribution in [0, 0.1) is 5.82 Å². The summed E-state index contributed by atoms with van der Waals surface area (Å²) in [5.41, 5.74) is 0.0966. The number of ether oxygens (including phenoxy) is 2. The van der Waals surface area contributed by atoms with Crippen LogP contribution in [0.3, 0.4) is 0 Å². The van der Waals surface area contributed by atoms with Gasteiger partial charge in [0.15, 0.2) is 0 Å². The van der Waals surface area contributed by atoms with Crippen molar-refractivity contribution in [2.75, 3.05) is 12.0 Å². The van der Waals surface area contributed by atoms with Crippen LogP contribution < -0.4 is 4.90 Å². The van der Waals surface area contributed by atoms with Crippen molar-refractivity contribution in [1.29, 1.82) is 0 Å². The Hall–Kier alpha value is -3.17. The number of rotatable bonds is 8. The molecule has 0 saturated heterocycles. The minimum absolute atomic E-state index is 0.00430. The molecule has 38 heavy (non-hydrogen) atoms. The predicted molar refractivity (Wildman–Crippen MR) is 144 cm³/mol. The number of anilines is 1. The van der Waals surface area contributed by atoms with Gasteiger partial charge in [0, 0.05) is 21.6 Å². The molecule has 10 heteroatoms. The second kappa shape index (κ2) is 13.1. The monoisotopic (exact) mass is 561 g/mol. The number of benzene rings is 2. The van der Waals surface area contributed by atoms with Crippen LogP contribution in [0.2, 0.25) is 5.02 Å². The second-order valence-electron chi connectivity index (χ2n) is 8.95. The number of hydrogen-bond donors (Lipinski definition) is 0. The second-order valence-corrected chi connectivity index (χ2v) is 10.7. The van der Waals surface area contributed by atoms with Crippen molar-refractivity contribution in [2.24, 2.45) is 0 Å². The Balaban J connectivity index is 2.17. The zero-order chi connectivity index (χ0) is 28.0. The molecule has 1 unspecified atom stereocenters. The number of esters is 2. The Bertz CT molecular complexity index is 1260. The first-order valence-corrected chi connectivity index (χ1v) is 13.4. The lowest BCUT2D eigenvalue weighted by molar-refractivity contribution is -0.143.